The first-order valence-electron chi connectivity index (χ1n) is 8.51. The molecule has 2 atom stereocenters. The Labute approximate surface area is 143 Å². The summed E-state index contributed by atoms with van der Waals surface area (Å²) in [6.45, 7) is 8.70. The van der Waals surface area contributed by atoms with Crippen molar-refractivity contribution in [1.82, 2.24) is 4.90 Å². The van der Waals surface area contributed by atoms with E-state index < -0.39 is 5.60 Å². The van der Waals surface area contributed by atoms with Crippen LogP contribution >= 0.6 is 0 Å². The molecule has 0 aromatic heterocycles. The molecule has 1 aromatic rings. The number of piperidine rings is 1. The average molecular weight is 333 g/mol. The fourth-order valence-electron chi connectivity index (χ4n) is 3.01. The van der Waals surface area contributed by atoms with Crippen LogP contribution in [0.4, 0.5) is 4.79 Å². The van der Waals surface area contributed by atoms with Gasteiger partial charge in [0.2, 0.25) is 0 Å². The van der Waals surface area contributed by atoms with Gasteiger partial charge >= 0.3 is 12.1 Å². The van der Waals surface area contributed by atoms with Crippen molar-refractivity contribution in [1.29, 1.82) is 0 Å². The van der Waals surface area contributed by atoms with E-state index in [1.165, 1.54) is 0 Å². The molecular formula is C19H27NO4. The quantitative estimate of drug-likeness (QED) is 0.793. The molecule has 0 N–H and O–H groups in total. The zero-order valence-corrected chi connectivity index (χ0v) is 15.0. The second-order valence-corrected chi connectivity index (χ2v) is 7.09. The second-order valence-electron chi connectivity index (χ2n) is 7.09. The molecule has 0 bridgehead atoms. The molecule has 5 heteroatoms. The van der Waals surface area contributed by atoms with Crippen molar-refractivity contribution in [3.63, 3.8) is 0 Å². The molecule has 0 spiro atoms. The fourth-order valence-corrected chi connectivity index (χ4v) is 3.01. The lowest BCUT2D eigenvalue weighted by molar-refractivity contribution is -0.150. The van der Waals surface area contributed by atoms with E-state index in [1.54, 1.807) is 4.90 Å². The number of hydrogen-bond donors (Lipinski definition) is 0. The molecule has 0 radical (unpaired) electrons. The number of amides is 1. The minimum Gasteiger partial charge on any atom is -0.466 e. The van der Waals surface area contributed by atoms with Crippen LogP contribution in [0.2, 0.25) is 0 Å². The standard InChI is InChI=1S/C19H27NO4/c1-5-23-17(21)15-11-12-20(18(22)24-19(2,3)4)13-16(15)14-9-7-6-8-10-14/h6-10,15-16H,5,11-13H2,1-4H3/t15-,16-/m1/s1. The van der Waals surface area contributed by atoms with E-state index in [4.69, 9.17) is 9.47 Å². The van der Waals surface area contributed by atoms with Gasteiger partial charge in [-0.25, -0.2) is 4.79 Å². The van der Waals surface area contributed by atoms with Crippen LogP contribution in [-0.4, -0.2) is 42.3 Å². The third kappa shape index (κ3) is 4.73. The summed E-state index contributed by atoms with van der Waals surface area (Å²) in [5.74, 6) is -0.493. The van der Waals surface area contributed by atoms with Crippen LogP contribution in [0, 0.1) is 5.92 Å². The highest BCUT2D eigenvalue weighted by Crippen LogP contribution is 2.34. The summed E-state index contributed by atoms with van der Waals surface area (Å²) in [6, 6.07) is 9.83. The van der Waals surface area contributed by atoms with Gasteiger partial charge in [0.1, 0.15) is 5.60 Å². The van der Waals surface area contributed by atoms with Gasteiger partial charge in [0, 0.05) is 19.0 Å². The third-order valence-corrected chi connectivity index (χ3v) is 4.08. The summed E-state index contributed by atoms with van der Waals surface area (Å²) in [4.78, 5) is 26.4. The Morgan fingerprint density at radius 3 is 2.46 bits per heavy atom. The number of carbonyl (C=O) groups is 2. The first-order valence-corrected chi connectivity index (χ1v) is 8.51. The van der Waals surface area contributed by atoms with Crippen LogP contribution in [-0.2, 0) is 14.3 Å². The number of benzene rings is 1. The Balaban J connectivity index is 2.18. The zero-order chi connectivity index (χ0) is 17.7. The molecule has 1 amide bonds. The SMILES string of the molecule is CCOC(=O)[C@@H]1CCN(C(=O)OC(C)(C)C)C[C@@H]1c1ccccc1. The molecule has 24 heavy (non-hydrogen) atoms. The van der Waals surface area contributed by atoms with E-state index in [9.17, 15) is 9.59 Å². The molecule has 132 valence electrons. The van der Waals surface area contributed by atoms with Gasteiger partial charge in [-0.05, 0) is 39.7 Å². The van der Waals surface area contributed by atoms with E-state index in [-0.39, 0.29) is 23.9 Å². The number of rotatable bonds is 3. The lowest BCUT2D eigenvalue weighted by atomic mass is 9.81. The van der Waals surface area contributed by atoms with E-state index in [0.717, 1.165) is 5.56 Å². The summed E-state index contributed by atoms with van der Waals surface area (Å²) in [6.07, 6.45) is 0.253. The first-order chi connectivity index (χ1) is 11.3. The first kappa shape index (κ1) is 18.3. The number of esters is 1. The largest absolute Gasteiger partial charge is 0.466 e. The monoisotopic (exact) mass is 333 g/mol. The molecule has 5 nitrogen and oxygen atoms in total. The molecule has 2 rings (SSSR count). The number of likely N-dealkylation sites (tertiary alicyclic amines) is 1. The van der Waals surface area contributed by atoms with Crippen LogP contribution in [0.15, 0.2) is 30.3 Å². The maximum absolute atomic E-state index is 12.4. The van der Waals surface area contributed by atoms with E-state index in [2.05, 4.69) is 0 Å². The molecule has 0 aliphatic carbocycles. The van der Waals surface area contributed by atoms with Crippen molar-refractivity contribution < 1.29 is 19.1 Å². The van der Waals surface area contributed by atoms with Crippen LogP contribution in [0.5, 0.6) is 0 Å². The van der Waals surface area contributed by atoms with Gasteiger partial charge in [-0.1, -0.05) is 30.3 Å². The van der Waals surface area contributed by atoms with Crippen molar-refractivity contribution in [2.45, 2.75) is 45.6 Å². The zero-order valence-electron chi connectivity index (χ0n) is 15.0. The Kier molecular flexibility index (Phi) is 5.86. The van der Waals surface area contributed by atoms with Gasteiger partial charge < -0.3 is 14.4 Å². The molecule has 1 aliphatic heterocycles. The van der Waals surface area contributed by atoms with Gasteiger partial charge in [0.15, 0.2) is 0 Å². The fraction of sp³-hybridized carbons (Fsp3) is 0.579. The molecule has 0 unspecified atom stereocenters. The summed E-state index contributed by atoms with van der Waals surface area (Å²) in [5, 5.41) is 0. The predicted octanol–water partition coefficient (Wildman–Crippen LogP) is 3.59. The summed E-state index contributed by atoms with van der Waals surface area (Å²) in [7, 11) is 0. The Morgan fingerprint density at radius 1 is 1.21 bits per heavy atom. The van der Waals surface area contributed by atoms with Crippen molar-refractivity contribution in [2.75, 3.05) is 19.7 Å². The highest BCUT2D eigenvalue weighted by molar-refractivity contribution is 5.75. The molecular weight excluding hydrogens is 306 g/mol. The number of ether oxygens (including phenoxy) is 2. The molecule has 1 aromatic carbocycles. The van der Waals surface area contributed by atoms with Gasteiger partial charge in [-0.3, -0.25) is 4.79 Å². The van der Waals surface area contributed by atoms with E-state index >= 15 is 0 Å². The number of carbonyl (C=O) groups excluding carboxylic acids is 2. The lowest BCUT2D eigenvalue weighted by Gasteiger charge is -2.38. The van der Waals surface area contributed by atoms with Crippen molar-refractivity contribution in [2.24, 2.45) is 5.92 Å². The average Bonchev–Trinajstić information content (AvgIpc) is 2.54. The molecule has 0 saturated carbocycles. The minimum absolute atomic E-state index is 0.0773. The molecule has 1 fully saturated rings. The smallest absolute Gasteiger partial charge is 0.410 e. The summed E-state index contributed by atoms with van der Waals surface area (Å²) < 4.78 is 10.7. The molecule has 1 heterocycles. The number of hydrogen-bond acceptors (Lipinski definition) is 4. The molecule has 1 saturated heterocycles. The predicted molar refractivity (Wildman–Crippen MR) is 91.7 cm³/mol. The van der Waals surface area contributed by atoms with E-state index in [1.807, 2.05) is 58.0 Å². The van der Waals surface area contributed by atoms with Crippen molar-refractivity contribution in [3.8, 4) is 0 Å². The van der Waals surface area contributed by atoms with Crippen LogP contribution in [0.25, 0.3) is 0 Å². The van der Waals surface area contributed by atoms with Crippen LogP contribution < -0.4 is 0 Å². The summed E-state index contributed by atoms with van der Waals surface area (Å²) in [5.41, 5.74) is 0.515. The Bertz CT molecular complexity index is 564. The topological polar surface area (TPSA) is 55.8 Å². The summed E-state index contributed by atoms with van der Waals surface area (Å²) >= 11 is 0. The van der Waals surface area contributed by atoms with Crippen molar-refractivity contribution in [3.05, 3.63) is 35.9 Å². The maximum Gasteiger partial charge on any atom is 0.410 e. The van der Waals surface area contributed by atoms with Crippen LogP contribution in [0.3, 0.4) is 0 Å². The van der Waals surface area contributed by atoms with Gasteiger partial charge in [-0.2, -0.15) is 0 Å². The lowest BCUT2D eigenvalue weighted by Crippen LogP contribution is -2.47. The van der Waals surface area contributed by atoms with E-state index in [0.29, 0.717) is 26.1 Å². The normalized spacial score (nSPS) is 21.2. The number of nitrogens with zero attached hydrogens (tertiary/aromatic N) is 1. The van der Waals surface area contributed by atoms with Gasteiger partial charge in [-0.15, -0.1) is 0 Å². The van der Waals surface area contributed by atoms with Crippen molar-refractivity contribution >= 4 is 12.1 Å². The highest BCUT2D eigenvalue weighted by Gasteiger charge is 2.38. The Morgan fingerprint density at radius 2 is 1.88 bits per heavy atom. The van der Waals surface area contributed by atoms with Crippen LogP contribution in [0.1, 0.15) is 45.6 Å². The maximum atomic E-state index is 12.4. The van der Waals surface area contributed by atoms with Gasteiger partial charge in [0.05, 0.1) is 12.5 Å². The Hall–Kier alpha value is -2.04. The highest BCUT2D eigenvalue weighted by atomic mass is 16.6. The second kappa shape index (κ2) is 7.69. The van der Waals surface area contributed by atoms with Gasteiger partial charge in [0.25, 0.3) is 0 Å². The minimum atomic E-state index is -0.530. The third-order valence-electron chi connectivity index (χ3n) is 4.08. The molecule has 1 aliphatic rings.